The summed E-state index contributed by atoms with van der Waals surface area (Å²) in [4.78, 5) is 0. The molecular weight excluding hydrogens is 122 g/mol. The van der Waals surface area contributed by atoms with Crippen molar-refractivity contribution in [2.24, 2.45) is 0 Å². The lowest BCUT2D eigenvalue weighted by Gasteiger charge is -2.00. The molecule has 0 fully saturated rings. The quantitative estimate of drug-likeness (QED) is 0.508. The molecule has 0 bridgehead atoms. The van der Waals surface area contributed by atoms with Crippen molar-refractivity contribution in [2.45, 2.75) is 31.5 Å². The van der Waals surface area contributed by atoms with Crippen LogP contribution in [0.5, 0.6) is 0 Å². The van der Waals surface area contributed by atoms with Crippen LogP contribution in [-0.4, -0.2) is 16.3 Å². The molecule has 0 N–H and O–H groups in total. The van der Waals surface area contributed by atoms with Gasteiger partial charge in [-0.15, -0.1) is 17.2 Å². The minimum atomic E-state index is 0. The van der Waals surface area contributed by atoms with Gasteiger partial charge in [-0.25, -0.2) is 0 Å². The van der Waals surface area contributed by atoms with E-state index in [9.17, 15) is 0 Å². The Bertz CT molecular complexity index is 27.3. The zero-order chi connectivity index (χ0) is 4.99. The van der Waals surface area contributed by atoms with Gasteiger partial charge >= 0.3 is 0 Å². The van der Waals surface area contributed by atoms with E-state index in [1.165, 1.54) is 12.8 Å². The van der Waals surface area contributed by atoms with Gasteiger partial charge in [-0.05, 0) is 0 Å². The molecule has 2 heteroatoms. The predicted octanol–water partition coefficient (Wildman–Crippen LogP) is 2.19. The van der Waals surface area contributed by atoms with Gasteiger partial charge in [0.25, 0.3) is 0 Å². The van der Waals surface area contributed by atoms with Crippen molar-refractivity contribution >= 4 is 28.7 Å². The summed E-state index contributed by atoms with van der Waals surface area (Å²) in [6.07, 6.45) is 2.59. The molecule has 0 saturated heterocycles. The second kappa shape index (κ2) is 6.82. The molecule has 0 aliphatic carbocycles. The summed E-state index contributed by atoms with van der Waals surface area (Å²) in [6, 6.07) is 0. The molecule has 0 atom stereocenters. The highest BCUT2D eigenvalue weighted by molar-refractivity contribution is 6.11. The molecule has 0 unspecified atom stereocenters. The second-order valence-electron chi connectivity index (χ2n) is 1.58. The van der Waals surface area contributed by atoms with E-state index in [1.54, 1.807) is 0 Å². The highest BCUT2D eigenvalue weighted by Gasteiger charge is 1.87. The lowest BCUT2D eigenvalue weighted by Crippen LogP contribution is -1.83. The van der Waals surface area contributed by atoms with Crippen molar-refractivity contribution in [3.63, 3.8) is 0 Å². The summed E-state index contributed by atoms with van der Waals surface area (Å²) in [5.41, 5.74) is 0. The van der Waals surface area contributed by atoms with Crippen molar-refractivity contribution < 1.29 is 0 Å². The van der Waals surface area contributed by atoms with Crippen LogP contribution in [-0.2, 0) is 0 Å². The molecule has 42 valence electrons. The molecule has 0 aliphatic rings. The van der Waals surface area contributed by atoms with Crippen LogP contribution >= 0.6 is 12.4 Å². The van der Waals surface area contributed by atoms with Crippen molar-refractivity contribution in [2.75, 3.05) is 0 Å². The minimum absolute atomic E-state index is 0. The van der Waals surface area contributed by atoms with Crippen LogP contribution in [0.15, 0.2) is 0 Å². The highest BCUT2D eigenvalue weighted by atomic mass is 35.5. The maximum Gasteiger partial charge on any atom is 0.123 e. The normalized spacial score (nSPS) is 8.43. The van der Waals surface area contributed by atoms with Gasteiger partial charge < -0.3 is 0 Å². The topological polar surface area (TPSA) is 0 Å². The maximum absolute atomic E-state index is 2.81. The van der Waals surface area contributed by atoms with E-state index >= 15 is 0 Å². The smallest absolute Gasteiger partial charge is 0.123 e. The van der Waals surface area contributed by atoms with Crippen molar-refractivity contribution in [3.05, 3.63) is 0 Å². The summed E-state index contributed by atoms with van der Waals surface area (Å²) < 4.78 is 0.852. The minimum Gasteiger partial charge on any atom is -0.147 e. The fourth-order valence-electron chi connectivity index (χ4n) is 0.289. The average Bonchev–Trinajstić information content (AvgIpc) is 1.65. The van der Waals surface area contributed by atoms with Gasteiger partial charge in [-0.1, -0.05) is 26.7 Å². The summed E-state index contributed by atoms with van der Waals surface area (Å²) >= 11 is 2.81. The Morgan fingerprint density at radius 3 is 1.57 bits per heavy atom. The first-order valence-corrected chi connectivity index (χ1v) is 3.23. The number of hydrogen-bond acceptors (Lipinski definition) is 0. The standard InChI is InChI=1S/C5H11.Al.ClH/c1-3-5-4-2;;/h5H,3-4H2,1-2H3;;1H. The Labute approximate surface area is 60.5 Å². The summed E-state index contributed by atoms with van der Waals surface area (Å²) in [5, 5.41) is 0. The Morgan fingerprint density at radius 2 is 1.57 bits per heavy atom. The SMILES string of the molecule is CC[CH]([Al])CC.Cl. The first kappa shape index (κ1) is 10.7. The van der Waals surface area contributed by atoms with E-state index < -0.39 is 0 Å². The predicted molar refractivity (Wildman–Crippen MR) is 37.3 cm³/mol. The third-order valence-electron chi connectivity index (χ3n) is 1.05. The monoisotopic (exact) mass is 134 g/mol. The molecular formula is C5H12AlCl. The van der Waals surface area contributed by atoms with Gasteiger partial charge in [0.2, 0.25) is 0 Å². The van der Waals surface area contributed by atoms with E-state index in [0.29, 0.717) is 0 Å². The largest absolute Gasteiger partial charge is 0.147 e. The Morgan fingerprint density at radius 1 is 1.29 bits per heavy atom. The van der Waals surface area contributed by atoms with Gasteiger partial charge in [0.15, 0.2) is 0 Å². The molecule has 0 amide bonds. The molecule has 0 aromatic heterocycles. The Hall–Kier alpha value is 0.822. The zero-order valence-corrected chi connectivity index (χ0v) is 6.95. The van der Waals surface area contributed by atoms with E-state index in [2.05, 4.69) is 30.1 Å². The zero-order valence-electron chi connectivity index (χ0n) is 4.98. The molecule has 0 aromatic carbocycles. The Kier molecular flexibility index (Phi) is 10.5. The van der Waals surface area contributed by atoms with E-state index in [-0.39, 0.29) is 12.4 Å². The van der Waals surface area contributed by atoms with E-state index in [1.807, 2.05) is 0 Å². The Balaban J connectivity index is 0. The average molecular weight is 135 g/mol. The third kappa shape index (κ3) is 6.82. The van der Waals surface area contributed by atoms with Gasteiger partial charge in [-0.2, -0.15) is 0 Å². The van der Waals surface area contributed by atoms with Gasteiger partial charge in [-0.3, -0.25) is 0 Å². The second-order valence-corrected chi connectivity index (χ2v) is 2.52. The fraction of sp³-hybridized carbons (Fsp3) is 1.00. The summed E-state index contributed by atoms with van der Waals surface area (Å²) in [5.74, 6) is 0. The van der Waals surface area contributed by atoms with Crippen LogP contribution < -0.4 is 0 Å². The summed E-state index contributed by atoms with van der Waals surface area (Å²) in [6.45, 7) is 4.42. The first-order chi connectivity index (χ1) is 2.81. The van der Waals surface area contributed by atoms with Crippen molar-refractivity contribution in [1.82, 2.24) is 0 Å². The lowest BCUT2D eigenvalue weighted by atomic mass is 10.3. The molecule has 0 saturated carbocycles. The molecule has 0 heterocycles. The summed E-state index contributed by atoms with van der Waals surface area (Å²) in [7, 11) is 0. The molecule has 0 aliphatic heterocycles. The fourth-order valence-corrected chi connectivity index (χ4v) is 0.289. The van der Waals surface area contributed by atoms with Gasteiger partial charge in [0.1, 0.15) is 16.3 Å². The van der Waals surface area contributed by atoms with Crippen LogP contribution in [0.1, 0.15) is 26.7 Å². The molecule has 7 heavy (non-hydrogen) atoms. The molecule has 0 nitrogen and oxygen atoms in total. The molecule has 0 rings (SSSR count). The number of hydrogen-bond donors (Lipinski definition) is 0. The van der Waals surface area contributed by atoms with Crippen LogP contribution in [0.3, 0.4) is 0 Å². The highest BCUT2D eigenvalue weighted by Crippen LogP contribution is 2.06. The van der Waals surface area contributed by atoms with Gasteiger partial charge in [0, 0.05) is 0 Å². The third-order valence-corrected chi connectivity index (χ3v) is 1.99. The molecule has 2 radical (unpaired) electrons. The van der Waals surface area contributed by atoms with Crippen LogP contribution in [0.4, 0.5) is 0 Å². The van der Waals surface area contributed by atoms with Gasteiger partial charge in [0.05, 0.1) is 0 Å². The maximum atomic E-state index is 2.81. The van der Waals surface area contributed by atoms with Crippen LogP contribution in [0, 0.1) is 0 Å². The van der Waals surface area contributed by atoms with Crippen molar-refractivity contribution in [3.8, 4) is 0 Å². The number of halogens is 1. The van der Waals surface area contributed by atoms with E-state index in [4.69, 9.17) is 0 Å². The number of rotatable bonds is 2. The van der Waals surface area contributed by atoms with Crippen molar-refractivity contribution in [1.29, 1.82) is 0 Å². The molecule has 0 aromatic rings. The van der Waals surface area contributed by atoms with Crippen LogP contribution in [0.25, 0.3) is 0 Å². The first-order valence-electron chi connectivity index (χ1n) is 2.56. The lowest BCUT2D eigenvalue weighted by molar-refractivity contribution is 0.768. The van der Waals surface area contributed by atoms with Crippen LogP contribution in [0.2, 0.25) is 4.78 Å². The molecule has 0 spiro atoms. The van der Waals surface area contributed by atoms with E-state index in [0.717, 1.165) is 4.78 Å².